The summed E-state index contributed by atoms with van der Waals surface area (Å²) in [5.41, 5.74) is 6.39. The number of aliphatic imine (C=N–C) groups is 1. The fraction of sp³-hybridized carbons (Fsp3) is 0.261. The van der Waals surface area contributed by atoms with Crippen LogP contribution in [-0.4, -0.2) is 20.6 Å². The lowest BCUT2D eigenvalue weighted by molar-refractivity contribution is 0.561. The molecule has 0 atom stereocenters. The number of ether oxygens (including phenoxy) is 1. The van der Waals surface area contributed by atoms with Gasteiger partial charge in [0.1, 0.15) is 5.75 Å². The highest BCUT2D eigenvalue weighted by Crippen LogP contribution is 2.24. The molecular formula is C23H27N4OS+. The SMILES string of the molecule is Cc1ccc(C(=N)N=C([SH2+])Oc2cc(C)c(CCn3cnc(C)c3)cc2C)cc1. The molecule has 1 heterocycles. The maximum absolute atomic E-state index is 8.16. The molecule has 3 rings (SSSR count). The summed E-state index contributed by atoms with van der Waals surface area (Å²) in [4.78, 5) is 8.50. The van der Waals surface area contributed by atoms with Crippen molar-refractivity contribution in [2.45, 2.75) is 40.7 Å². The van der Waals surface area contributed by atoms with Gasteiger partial charge in [0, 0.05) is 18.3 Å². The van der Waals surface area contributed by atoms with Crippen LogP contribution in [-0.2, 0) is 25.6 Å². The summed E-state index contributed by atoms with van der Waals surface area (Å²) in [6.45, 7) is 9.00. The molecule has 0 saturated carbocycles. The summed E-state index contributed by atoms with van der Waals surface area (Å²) >= 11 is 3.40. The lowest BCUT2D eigenvalue weighted by Crippen LogP contribution is -2.10. The van der Waals surface area contributed by atoms with E-state index in [-0.39, 0.29) is 11.1 Å². The van der Waals surface area contributed by atoms with Crippen molar-refractivity contribution in [3.63, 3.8) is 0 Å². The van der Waals surface area contributed by atoms with E-state index in [1.165, 1.54) is 5.56 Å². The first-order chi connectivity index (χ1) is 13.8. The van der Waals surface area contributed by atoms with Crippen LogP contribution >= 0.6 is 0 Å². The summed E-state index contributed by atoms with van der Waals surface area (Å²) < 4.78 is 7.98. The van der Waals surface area contributed by atoms with Gasteiger partial charge in [-0.25, -0.2) is 4.98 Å². The predicted molar refractivity (Wildman–Crippen MR) is 123 cm³/mol. The van der Waals surface area contributed by atoms with Crippen molar-refractivity contribution >= 4 is 23.7 Å². The van der Waals surface area contributed by atoms with E-state index >= 15 is 0 Å². The molecule has 0 bridgehead atoms. The van der Waals surface area contributed by atoms with Gasteiger partial charge in [-0.3, -0.25) is 5.41 Å². The summed E-state index contributed by atoms with van der Waals surface area (Å²) in [5.74, 6) is 0.881. The van der Waals surface area contributed by atoms with E-state index in [9.17, 15) is 0 Å². The van der Waals surface area contributed by atoms with Crippen molar-refractivity contribution in [1.29, 1.82) is 5.41 Å². The van der Waals surface area contributed by atoms with Gasteiger partial charge < -0.3 is 9.30 Å². The number of aryl methyl sites for hydroxylation is 6. The van der Waals surface area contributed by atoms with Crippen LogP contribution in [0.2, 0.25) is 0 Å². The summed E-state index contributed by atoms with van der Waals surface area (Å²) in [5, 5.41) is 8.42. The predicted octanol–water partition coefficient (Wildman–Crippen LogP) is 4.13. The lowest BCUT2D eigenvalue weighted by atomic mass is 10.0. The van der Waals surface area contributed by atoms with Crippen LogP contribution in [0.15, 0.2) is 53.9 Å². The van der Waals surface area contributed by atoms with Crippen LogP contribution in [0.3, 0.4) is 0 Å². The number of hydrogen-bond acceptors (Lipinski definition) is 3. The molecule has 0 aliphatic carbocycles. The van der Waals surface area contributed by atoms with Crippen molar-refractivity contribution in [2.24, 2.45) is 4.99 Å². The van der Waals surface area contributed by atoms with Gasteiger partial charge >= 0.3 is 5.23 Å². The standard InChI is InChI=1S/C23H26N4OS/c1-15-5-7-19(8-6-15)22(24)26-23(29)28-21-12-16(2)20(11-17(21)3)9-10-27-13-18(4)25-14-27/h5-8,11-14H,9-10H2,1-4H3,(H2,24,26,29)/p+1. The molecule has 0 unspecified atom stereocenters. The number of imidazole rings is 1. The summed E-state index contributed by atoms with van der Waals surface area (Å²) in [6, 6.07) is 11.9. The molecule has 1 N–H and O–H groups in total. The van der Waals surface area contributed by atoms with Crippen molar-refractivity contribution in [2.75, 3.05) is 0 Å². The fourth-order valence-electron chi connectivity index (χ4n) is 3.08. The van der Waals surface area contributed by atoms with Crippen LogP contribution in [0, 0.1) is 33.1 Å². The molecule has 6 heteroatoms. The molecule has 29 heavy (non-hydrogen) atoms. The Hall–Kier alpha value is -2.86. The number of rotatable bonds is 5. The zero-order valence-electron chi connectivity index (χ0n) is 17.3. The second kappa shape index (κ2) is 9.09. The van der Waals surface area contributed by atoms with Crippen molar-refractivity contribution in [3.05, 3.63) is 82.4 Å². The van der Waals surface area contributed by atoms with Crippen molar-refractivity contribution < 1.29 is 4.74 Å². The van der Waals surface area contributed by atoms with Gasteiger partial charge in [0.25, 0.3) is 0 Å². The third-order valence-corrected chi connectivity index (χ3v) is 4.99. The molecule has 0 saturated heterocycles. The Morgan fingerprint density at radius 2 is 1.83 bits per heavy atom. The smallest absolute Gasteiger partial charge is 0.402 e. The Morgan fingerprint density at radius 1 is 1.10 bits per heavy atom. The van der Waals surface area contributed by atoms with E-state index in [2.05, 4.69) is 46.4 Å². The number of aromatic nitrogens is 2. The number of hydrogen-bond donors (Lipinski definition) is 1. The Morgan fingerprint density at radius 3 is 2.48 bits per heavy atom. The molecule has 0 fully saturated rings. The van der Waals surface area contributed by atoms with Gasteiger partial charge in [0.2, 0.25) is 0 Å². The number of nitrogens with zero attached hydrogens (tertiary/aromatic N) is 3. The molecular weight excluding hydrogens is 380 g/mol. The molecule has 3 aromatic rings. The summed E-state index contributed by atoms with van der Waals surface area (Å²) in [7, 11) is 0. The van der Waals surface area contributed by atoms with Gasteiger partial charge in [0.15, 0.2) is 5.84 Å². The number of nitrogens with one attached hydrogen (secondary N) is 1. The van der Waals surface area contributed by atoms with Crippen molar-refractivity contribution in [3.8, 4) is 5.75 Å². The van der Waals surface area contributed by atoms with Crippen LogP contribution < -0.4 is 4.74 Å². The van der Waals surface area contributed by atoms with E-state index in [1.807, 2.05) is 57.4 Å². The normalized spacial score (nSPS) is 11.6. The number of amidine groups is 1. The van der Waals surface area contributed by atoms with Crippen LogP contribution in [0.1, 0.15) is 33.5 Å². The average molecular weight is 408 g/mol. The second-order valence-corrected chi connectivity index (χ2v) is 7.71. The first-order valence-electron chi connectivity index (χ1n) is 9.54. The van der Waals surface area contributed by atoms with Gasteiger partial charge in [-0.2, -0.15) is 0 Å². The zero-order chi connectivity index (χ0) is 21.0. The minimum Gasteiger partial charge on any atom is -0.402 e. The number of benzene rings is 2. The fourth-order valence-corrected chi connectivity index (χ4v) is 3.30. The molecule has 0 aliphatic heterocycles. The lowest BCUT2D eigenvalue weighted by Gasteiger charge is -2.12. The summed E-state index contributed by atoms with van der Waals surface area (Å²) in [6.07, 6.45) is 4.84. The van der Waals surface area contributed by atoms with Crippen LogP contribution in [0.25, 0.3) is 0 Å². The Balaban J connectivity index is 1.69. The molecule has 0 radical (unpaired) electrons. The van der Waals surface area contributed by atoms with E-state index < -0.39 is 0 Å². The Labute approximate surface area is 177 Å². The average Bonchev–Trinajstić information content (AvgIpc) is 3.09. The monoisotopic (exact) mass is 407 g/mol. The van der Waals surface area contributed by atoms with E-state index in [4.69, 9.17) is 10.1 Å². The second-order valence-electron chi connectivity index (χ2n) is 7.28. The third-order valence-electron chi connectivity index (χ3n) is 4.78. The topological polar surface area (TPSA) is 63.3 Å². The molecule has 0 amide bonds. The van der Waals surface area contributed by atoms with Gasteiger partial charge in [-0.05, 0) is 56.9 Å². The molecule has 5 nitrogen and oxygen atoms in total. The Bertz CT molecular complexity index is 1050. The van der Waals surface area contributed by atoms with Crippen molar-refractivity contribution in [1.82, 2.24) is 9.55 Å². The molecule has 150 valence electrons. The van der Waals surface area contributed by atoms with Gasteiger partial charge in [-0.15, -0.1) is 4.99 Å². The molecule has 0 spiro atoms. The van der Waals surface area contributed by atoms with Gasteiger partial charge in [0.05, 0.1) is 24.7 Å². The largest absolute Gasteiger partial charge is 0.414 e. The quantitative estimate of drug-likeness (QED) is 0.393. The highest BCUT2D eigenvalue weighted by molar-refractivity contribution is 7.77. The molecule has 1 aromatic heterocycles. The van der Waals surface area contributed by atoms with Crippen LogP contribution in [0.5, 0.6) is 5.75 Å². The maximum Gasteiger partial charge on any atom is 0.414 e. The minimum absolute atomic E-state index is 0.150. The minimum atomic E-state index is 0.150. The molecule has 2 aromatic carbocycles. The first kappa shape index (κ1) is 20.9. The third kappa shape index (κ3) is 5.57. The van der Waals surface area contributed by atoms with E-state index in [0.717, 1.165) is 46.7 Å². The zero-order valence-corrected chi connectivity index (χ0v) is 18.3. The van der Waals surface area contributed by atoms with E-state index in [0.29, 0.717) is 0 Å². The van der Waals surface area contributed by atoms with Gasteiger partial charge in [-0.1, -0.05) is 35.9 Å². The highest BCUT2D eigenvalue weighted by Gasteiger charge is 2.12. The first-order valence-corrected chi connectivity index (χ1v) is 10.0. The molecule has 0 aliphatic rings. The van der Waals surface area contributed by atoms with E-state index in [1.54, 1.807) is 0 Å². The highest BCUT2D eigenvalue weighted by atomic mass is 32.1. The maximum atomic E-state index is 8.16. The van der Waals surface area contributed by atoms with Crippen LogP contribution in [0.4, 0.5) is 0 Å². The Kier molecular flexibility index (Phi) is 6.54.